The first-order valence-electron chi connectivity index (χ1n) is 7.50. The van der Waals surface area contributed by atoms with Crippen LogP contribution in [-0.4, -0.2) is 61.1 Å². The minimum Gasteiger partial charge on any atom is -0.463 e. The summed E-state index contributed by atoms with van der Waals surface area (Å²) >= 11 is 0. The molecule has 0 aromatic rings. The molecule has 0 bridgehead atoms. The van der Waals surface area contributed by atoms with Gasteiger partial charge in [0.1, 0.15) is 12.7 Å². The lowest BCUT2D eigenvalue weighted by molar-refractivity contribution is -0.251. The van der Waals surface area contributed by atoms with Crippen molar-refractivity contribution >= 4 is 23.9 Å². The number of rotatable bonds is 6. The highest BCUT2D eigenvalue weighted by atomic mass is 16.7. The van der Waals surface area contributed by atoms with Crippen LogP contribution in [0, 0.1) is 0 Å². The Bertz CT molecular complexity index is 617. The van der Waals surface area contributed by atoms with E-state index in [4.69, 9.17) is 29.2 Å². The van der Waals surface area contributed by atoms with Crippen LogP contribution < -0.4 is 0 Å². The number of esters is 4. The Morgan fingerprint density at radius 2 is 1.38 bits per heavy atom. The quantitative estimate of drug-likeness (QED) is 0.210. The first kappa shape index (κ1) is 21.2. The maximum atomic E-state index is 11.5. The van der Waals surface area contributed by atoms with Crippen LogP contribution in [0.1, 0.15) is 27.7 Å². The van der Waals surface area contributed by atoms with Crippen molar-refractivity contribution in [3.05, 3.63) is 10.4 Å². The topological polar surface area (TPSA) is 163 Å². The SMILES string of the molecule is CC(=O)OCC1O[C@H](N=[N+]=[N-])C(OC(C)=O)[C@@H](OC(C)=O)[C@@H]1OC(C)=O. The van der Waals surface area contributed by atoms with Gasteiger partial charge in [-0.05, 0) is 5.53 Å². The Kier molecular flexibility index (Phi) is 7.81. The Morgan fingerprint density at radius 1 is 0.885 bits per heavy atom. The van der Waals surface area contributed by atoms with E-state index in [1.54, 1.807) is 0 Å². The largest absolute Gasteiger partial charge is 0.463 e. The minimum absolute atomic E-state index is 0.380. The van der Waals surface area contributed by atoms with Crippen molar-refractivity contribution in [3.63, 3.8) is 0 Å². The third-order valence-corrected chi connectivity index (χ3v) is 3.13. The monoisotopic (exact) mass is 373 g/mol. The first-order chi connectivity index (χ1) is 12.1. The molecule has 12 nitrogen and oxygen atoms in total. The highest BCUT2D eigenvalue weighted by Crippen LogP contribution is 2.29. The summed E-state index contributed by atoms with van der Waals surface area (Å²) in [6, 6.07) is 0. The molecule has 144 valence electrons. The molecule has 2 unspecified atom stereocenters. The lowest BCUT2D eigenvalue weighted by Gasteiger charge is -2.43. The number of nitrogens with zero attached hydrogens (tertiary/aromatic N) is 3. The molecular formula is C14H19N3O9. The van der Waals surface area contributed by atoms with Crippen LogP contribution in [-0.2, 0) is 42.9 Å². The number of hydrogen-bond donors (Lipinski definition) is 0. The average molecular weight is 373 g/mol. The smallest absolute Gasteiger partial charge is 0.303 e. The van der Waals surface area contributed by atoms with Crippen LogP contribution in [0.4, 0.5) is 0 Å². The average Bonchev–Trinajstić information content (AvgIpc) is 2.50. The molecule has 0 aliphatic carbocycles. The molecule has 0 N–H and O–H groups in total. The second-order valence-corrected chi connectivity index (χ2v) is 5.29. The predicted octanol–water partition coefficient (Wildman–Crippen LogP) is 0.380. The van der Waals surface area contributed by atoms with Crippen LogP contribution in [0.3, 0.4) is 0 Å². The van der Waals surface area contributed by atoms with E-state index in [2.05, 4.69) is 10.0 Å². The molecule has 0 radical (unpaired) electrons. The van der Waals surface area contributed by atoms with Crippen LogP contribution in [0.25, 0.3) is 10.4 Å². The molecule has 12 heteroatoms. The molecule has 1 aliphatic heterocycles. The lowest BCUT2D eigenvalue weighted by atomic mass is 9.97. The zero-order valence-electron chi connectivity index (χ0n) is 14.6. The van der Waals surface area contributed by atoms with E-state index < -0.39 is 54.5 Å². The summed E-state index contributed by atoms with van der Waals surface area (Å²) in [4.78, 5) is 48.0. The van der Waals surface area contributed by atoms with Crippen LogP contribution in [0.5, 0.6) is 0 Å². The van der Waals surface area contributed by atoms with Crippen molar-refractivity contribution in [2.45, 2.75) is 58.3 Å². The van der Waals surface area contributed by atoms with E-state index in [-0.39, 0.29) is 6.61 Å². The van der Waals surface area contributed by atoms with Crippen molar-refractivity contribution in [3.8, 4) is 0 Å². The lowest BCUT2D eigenvalue weighted by Crippen LogP contribution is -2.61. The Labute approximate surface area is 148 Å². The third-order valence-electron chi connectivity index (χ3n) is 3.13. The normalized spacial score (nSPS) is 27.5. The molecule has 1 rings (SSSR count). The molecule has 5 atom stereocenters. The molecule has 0 spiro atoms. The highest BCUT2D eigenvalue weighted by Gasteiger charge is 2.51. The molecule has 1 fully saturated rings. The molecule has 0 aromatic carbocycles. The first-order valence-corrected chi connectivity index (χ1v) is 7.50. The molecule has 1 heterocycles. The van der Waals surface area contributed by atoms with Crippen molar-refractivity contribution in [2.75, 3.05) is 6.61 Å². The fraction of sp³-hybridized carbons (Fsp3) is 0.714. The standard InChI is InChI=1S/C14H19N3O9/c1-6(18)22-5-10-11(23-7(2)19)12(24-8(3)20)13(25-9(4)21)14(26-10)16-17-15/h10-14H,5H2,1-4H3/t10?,11-,12+,13?,14+/m1/s1. The fourth-order valence-corrected chi connectivity index (χ4v) is 2.35. The number of hydrogen-bond acceptors (Lipinski definition) is 10. The third kappa shape index (κ3) is 6.22. The maximum absolute atomic E-state index is 11.5. The molecule has 26 heavy (non-hydrogen) atoms. The number of azide groups is 1. The van der Waals surface area contributed by atoms with Gasteiger partial charge in [-0.25, -0.2) is 0 Å². The van der Waals surface area contributed by atoms with Crippen LogP contribution in [0.2, 0.25) is 0 Å². The molecule has 0 aromatic heterocycles. The van der Waals surface area contributed by atoms with Crippen molar-refractivity contribution in [1.29, 1.82) is 0 Å². The predicted molar refractivity (Wildman–Crippen MR) is 81.1 cm³/mol. The zero-order chi connectivity index (χ0) is 19.9. The van der Waals surface area contributed by atoms with Gasteiger partial charge < -0.3 is 23.7 Å². The summed E-state index contributed by atoms with van der Waals surface area (Å²) in [5.41, 5.74) is 8.71. The summed E-state index contributed by atoms with van der Waals surface area (Å²) < 4.78 is 25.6. The van der Waals surface area contributed by atoms with Crippen molar-refractivity contribution in [2.24, 2.45) is 5.11 Å². The minimum atomic E-state index is -1.40. The van der Waals surface area contributed by atoms with Gasteiger partial charge >= 0.3 is 23.9 Å². The van der Waals surface area contributed by atoms with Crippen molar-refractivity contribution < 1.29 is 42.9 Å². The van der Waals surface area contributed by atoms with E-state index in [1.165, 1.54) is 0 Å². The number of carbonyl (C=O) groups is 4. The van der Waals surface area contributed by atoms with Crippen molar-refractivity contribution in [1.82, 2.24) is 0 Å². The van der Waals surface area contributed by atoms with E-state index >= 15 is 0 Å². The summed E-state index contributed by atoms with van der Waals surface area (Å²) in [5.74, 6) is -2.92. The summed E-state index contributed by atoms with van der Waals surface area (Å²) in [5, 5.41) is 3.38. The van der Waals surface area contributed by atoms with Gasteiger partial charge in [0.25, 0.3) is 0 Å². The summed E-state index contributed by atoms with van der Waals surface area (Å²) in [6.45, 7) is 4.06. The van der Waals surface area contributed by atoms with E-state index in [0.717, 1.165) is 27.7 Å². The van der Waals surface area contributed by atoms with E-state index in [0.29, 0.717) is 0 Å². The number of ether oxygens (including phenoxy) is 5. The van der Waals surface area contributed by atoms with Gasteiger partial charge in [-0.15, -0.1) is 0 Å². The number of carbonyl (C=O) groups excluding carboxylic acids is 4. The van der Waals surface area contributed by atoms with Gasteiger partial charge in [-0.1, -0.05) is 5.11 Å². The molecular weight excluding hydrogens is 354 g/mol. The second-order valence-electron chi connectivity index (χ2n) is 5.29. The van der Waals surface area contributed by atoms with E-state index in [1.807, 2.05) is 0 Å². The molecule has 0 saturated carbocycles. The summed E-state index contributed by atoms with van der Waals surface area (Å²) in [7, 11) is 0. The molecule has 1 saturated heterocycles. The fourth-order valence-electron chi connectivity index (χ4n) is 2.35. The van der Waals surface area contributed by atoms with Gasteiger partial charge in [0, 0.05) is 32.6 Å². The van der Waals surface area contributed by atoms with Gasteiger partial charge in [0.15, 0.2) is 24.5 Å². The van der Waals surface area contributed by atoms with Gasteiger partial charge in [-0.2, -0.15) is 0 Å². The maximum Gasteiger partial charge on any atom is 0.303 e. The van der Waals surface area contributed by atoms with E-state index in [9.17, 15) is 19.2 Å². The zero-order valence-corrected chi connectivity index (χ0v) is 14.6. The molecule has 1 aliphatic rings. The Balaban J connectivity index is 3.28. The van der Waals surface area contributed by atoms with Gasteiger partial charge in [0.05, 0.1) is 0 Å². The van der Waals surface area contributed by atoms with Crippen LogP contribution >= 0.6 is 0 Å². The Morgan fingerprint density at radius 3 is 1.85 bits per heavy atom. The second kappa shape index (κ2) is 9.59. The van der Waals surface area contributed by atoms with Gasteiger partial charge in [0.2, 0.25) is 0 Å². The Hall–Kier alpha value is -2.85. The van der Waals surface area contributed by atoms with Gasteiger partial charge in [-0.3, -0.25) is 19.2 Å². The summed E-state index contributed by atoms with van der Waals surface area (Å²) in [6.07, 6.45) is -6.52. The molecule has 0 amide bonds. The van der Waals surface area contributed by atoms with Crippen LogP contribution in [0.15, 0.2) is 5.11 Å². The highest BCUT2D eigenvalue weighted by molar-refractivity contribution is 5.68.